The Morgan fingerprint density at radius 3 is 0.975 bits per heavy atom. The molecule has 0 radical (unpaired) electrons. The lowest BCUT2D eigenvalue weighted by atomic mass is 9.65. The van der Waals surface area contributed by atoms with Crippen molar-refractivity contribution in [3.63, 3.8) is 0 Å². The summed E-state index contributed by atoms with van der Waals surface area (Å²) in [7, 11) is 0. The lowest BCUT2D eigenvalue weighted by Crippen LogP contribution is -2.31. The van der Waals surface area contributed by atoms with Crippen LogP contribution in [0.2, 0.25) is 0 Å². The highest BCUT2D eigenvalue weighted by atomic mass is 32.1. The summed E-state index contributed by atoms with van der Waals surface area (Å²) in [5.41, 5.74) is 9.72. The van der Waals surface area contributed by atoms with Crippen LogP contribution in [0.5, 0.6) is 0 Å². The molecule has 0 saturated carbocycles. The van der Waals surface area contributed by atoms with E-state index in [0.29, 0.717) is 17.3 Å². The van der Waals surface area contributed by atoms with E-state index in [1.807, 2.05) is 24.3 Å². The molecule has 198 valence electrons. The largest absolute Gasteiger partial charge is 0.175 e. The van der Waals surface area contributed by atoms with Crippen LogP contribution < -0.4 is 0 Å². The van der Waals surface area contributed by atoms with Gasteiger partial charge in [-0.2, -0.15) is 37.9 Å². The second-order valence-corrected chi connectivity index (χ2v) is 11.2. The molecule has 40 heavy (non-hydrogen) atoms. The summed E-state index contributed by atoms with van der Waals surface area (Å²) >= 11 is 17.9. The summed E-state index contributed by atoms with van der Waals surface area (Å²) in [5, 5.41) is 0. The van der Waals surface area contributed by atoms with Gasteiger partial charge < -0.3 is 0 Å². The van der Waals surface area contributed by atoms with E-state index >= 15 is 0 Å². The van der Waals surface area contributed by atoms with Gasteiger partial charge in [0, 0.05) is 33.3 Å². The molecule has 0 N–H and O–H groups in total. The molecule has 0 amide bonds. The lowest BCUT2D eigenvalue weighted by Gasteiger charge is -2.37. The van der Waals surface area contributed by atoms with Crippen LogP contribution in [-0.2, 0) is 22.7 Å². The molecule has 0 aliphatic heterocycles. The number of benzene rings is 5. The van der Waals surface area contributed by atoms with Crippen molar-refractivity contribution in [2.75, 3.05) is 0 Å². The summed E-state index contributed by atoms with van der Waals surface area (Å²) in [6.07, 6.45) is 0. The summed E-state index contributed by atoms with van der Waals surface area (Å²) in [6, 6.07) is 43.1. The van der Waals surface area contributed by atoms with Gasteiger partial charge in [-0.05, 0) is 75.3 Å². The molecule has 5 aromatic carbocycles. The average Bonchev–Trinajstić information content (AvgIpc) is 3.02. The molecule has 0 aliphatic carbocycles. The monoisotopic (exact) mass is 590 g/mol. The predicted molar refractivity (Wildman–Crippen MR) is 182 cm³/mol. The molecular formula is C36H30S4. The fraction of sp³-hybridized carbons (Fsp3) is 0.111. The van der Waals surface area contributed by atoms with Crippen molar-refractivity contribution in [1.29, 1.82) is 0 Å². The fourth-order valence-electron chi connectivity index (χ4n) is 5.07. The first-order valence-electron chi connectivity index (χ1n) is 13.1. The van der Waals surface area contributed by atoms with Gasteiger partial charge in [-0.1, -0.05) is 96.8 Å². The third kappa shape index (κ3) is 6.04. The molecule has 4 heteroatoms. The van der Waals surface area contributed by atoms with Gasteiger partial charge in [0.25, 0.3) is 0 Å². The zero-order valence-corrected chi connectivity index (χ0v) is 25.5. The smallest absolute Gasteiger partial charge is 0.0701 e. The molecule has 0 aromatic heterocycles. The third-order valence-electron chi connectivity index (χ3n) is 7.24. The topological polar surface area (TPSA) is 0 Å². The second-order valence-electron chi connectivity index (χ2n) is 9.69. The van der Waals surface area contributed by atoms with Crippen molar-refractivity contribution < 1.29 is 0 Å². The van der Waals surface area contributed by atoms with E-state index in [1.165, 1.54) is 38.9 Å². The van der Waals surface area contributed by atoms with Crippen molar-refractivity contribution in [3.8, 4) is 11.8 Å². The molecule has 0 atom stereocenters. The molecule has 0 nitrogen and oxygen atoms in total. The van der Waals surface area contributed by atoms with Crippen molar-refractivity contribution in [1.82, 2.24) is 0 Å². The first-order valence-corrected chi connectivity index (χ1v) is 15.4. The minimum absolute atomic E-state index is 0.534. The van der Waals surface area contributed by atoms with Crippen LogP contribution in [0.4, 0.5) is 0 Å². The quantitative estimate of drug-likeness (QED) is 0.0811. The average molecular weight is 591 g/mol. The summed E-state index contributed by atoms with van der Waals surface area (Å²) in [6.45, 7) is 0. The van der Waals surface area contributed by atoms with Crippen molar-refractivity contribution in [2.24, 2.45) is 0 Å². The zero-order chi connectivity index (χ0) is 28.0. The molecule has 5 rings (SSSR count). The molecule has 0 aliphatic rings. The van der Waals surface area contributed by atoms with Crippen molar-refractivity contribution >= 4 is 50.5 Å². The Morgan fingerprint density at radius 1 is 0.400 bits per heavy atom. The highest BCUT2D eigenvalue weighted by Crippen LogP contribution is 2.45. The van der Waals surface area contributed by atoms with E-state index in [2.05, 4.69) is 159 Å². The summed E-state index contributed by atoms with van der Waals surface area (Å²) in [4.78, 5) is 0.929. The Kier molecular flexibility index (Phi) is 9.40. The van der Waals surface area contributed by atoms with Crippen LogP contribution in [0, 0.1) is 11.8 Å². The number of thiol groups is 4. The SMILES string of the molecule is SCc1ccc(C(c2ccc(C#Cc3ccc(S)cc3)cc2)(c2ccc(CS)cc2)c2ccc(CS)cc2)cc1. The minimum atomic E-state index is -0.534. The number of hydrogen-bond donors (Lipinski definition) is 4. The molecule has 0 unspecified atom stereocenters. The molecular weight excluding hydrogens is 561 g/mol. The molecule has 0 saturated heterocycles. The maximum Gasteiger partial charge on any atom is 0.0701 e. The van der Waals surface area contributed by atoms with Gasteiger partial charge in [0.2, 0.25) is 0 Å². The van der Waals surface area contributed by atoms with E-state index in [4.69, 9.17) is 0 Å². The van der Waals surface area contributed by atoms with Crippen LogP contribution in [0.15, 0.2) is 126 Å². The van der Waals surface area contributed by atoms with Gasteiger partial charge in [-0.15, -0.1) is 12.6 Å². The standard InChI is InChI=1S/C36H30S4/c37-23-28-5-15-32(16-6-28)36(33-17-7-29(24-38)8-18-33,34-19-9-30(25-39)10-20-34)31-13-3-26(4-14-31)1-2-27-11-21-35(40)22-12-27/h3-22,37-40H,23-25H2. The molecule has 0 bridgehead atoms. The first kappa shape index (κ1) is 28.6. The lowest BCUT2D eigenvalue weighted by molar-refractivity contribution is 0.743. The predicted octanol–water partition coefficient (Wildman–Crippen LogP) is 9.05. The number of rotatable bonds is 7. The maximum atomic E-state index is 4.50. The highest BCUT2D eigenvalue weighted by Gasteiger charge is 2.38. The summed E-state index contributed by atoms with van der Waals surface area (Å²) < 4.78 is 0. The van der Waals surface area contributed by atoms with Crippen LogP contribution >= 0.6 is 50.5 Å². The van der Waals surface area contributed by atoms with Crippen LogP contribution in [0.25, 0.3) is 0 Å². The Labute approximate surface area is 259 Å². The first-order chi connectivity index (χ1) is 19.6. The Hall–Kier alpha value is -2.94. The normalized spacial score (nSPS) is 11.1. The Balaban J connectivity index is 1.70. The van der Waals surface area contributed by atoms with E-state index in [9.17, 15) is 0 Å². The van der Waals surface area contributed by atoms with Gasteiger partial charge in [0.1, 0.15) is 0 Å². The van der Waals surface area contributed by atoms with Crippen LogP contribution in [0.1, 0.15) is 50.1 Å². The van der Waals surface area contributed by atoms with Gasteiger partial charge in [-0.25, -0.2) is 0 Å². The second kappa shape index (κ2) is 13.1. The van der Waals surface area contributed by atoms with Gasteiger partial charge in [-0.3, -0.25) is 0 Å². The third-order valence-corrected chi connectivity index (χ3v) is 8.64. The summed E-state index contributed by atoms with van der Waals surface area (Å²) in [5.74, 6) is 8.69. The Morgan fingerprint density at radius 2 is 0.675 bits per heavy atom. The Bertz CT molecular complexity index is 1490. The molecule has 5 aromatic rings. The van der Waals surface area contributed by atoms with Crippen LogP contribution in [-0.4, -0.2) is 0 Å². The maximum absolute atomic E-state index is 4.50. The van der Waals surface area contributed by atoms with E-state index in [0.717, 1.165) is 16.0 Å². The minimum Gasteiger partial charge on any atom is -0.175 e. The van der Waals surface area contributed by atoms with Gasteiger partial charge >= 0.3 is 0 Å². The van der Waals surface area contributed by atoms with Crippen LogP contribution in [0.3, 0.4) is 0 Å². The molecule has 0 heterocycles. The van der Waals surface area contributed by atoms with Crippen molar-refractivity contribution in [3.05, 3.63) is 171 Å². The van der Waals surface area contributed by atoms with Gasteiger partial charge in [0.05, 0.1) is 5.41 Å². The highest BCUT2D eigenvalue weighted by molar-refractivity contribution is 7.80. The molecule has 0 spiro atoms. The van der Waals surface area contributed by atoms with Gasteiger partial charge in [0.15, 0.2) is 0 Å². The van der Waals surface area contributed by atoms with E-state index < -0.39 is 5.41 Å². The van der Waals surface area contributed by atoms with Crippen molar-refractivity contribution in [2.45, 2.75) is 27.6 Å². The van der Waals surface area contributed by atoms with E-state index in [-0.39, 0.29) is 0 Å². The fourth-order valence-corrected chi connectivity index (χ4v) is 5.85. The molecule has 0 fully saturated rings. The van der Waals surface area contributed by atoms with E-state index in [1.54, 1.807) is 0 Å². The zero-order valence-electron chi connectivity index (χ0n) is 22.0. The number of hydrogen-bond acceptors (Lipinski definition) is 4.